The molecule has 2 N–H and O–H groups in total. The molecule has 0 aliphatic carbocycles. The van der Waals surface area contributed by atoms with Gasteiger partial charge in [0.25, 0.3) is 0 Å². The molecule has 39 heavy (non-hydrogen) atoms. The molecular weight excluding hydrogens is 574 g/mol. The van der Waals surface area contributed by atoms with Crippen molar-refractivity contribution in [1.82, 2.24) is 14.9 Å². The standard InChI is InChI=1S/C30H30BrN5O2S/c1-18-15-23(12-13-25(18)33-27(37)17-38-4)36-29(28(34-30(36)39)26-7-5-6-14-32-26)24-16-19(2)35(20(24)3)22-10-8-21(31)9-11-22/h5-16,28-29H,17H2,1-4H3,(H,33,37)(H,34,39)/t28-,29+/m0/s1. The monoisotopic (exact) mass is 603 g/mol. The zero-order valence-electron chi connectivity index (χ0n) is 22.2. The Bertz CT molecular complexity index is 1520. The number of amides is 1. The number of ether oxygens (including phenoxy) is 1. The summed E-state index contributed by atoms with van der Waals surface area (Å²) in [6.45, 7) is 6.26. The molecule has 4 aromatic rings. The average Bonchev–Trinajstić information content (AvgIpc) is 3.41. The molecule has 0 bridgehead atoms. The first-order valence-corrected chi connectivity index (χ1v) is 13.8. The molecule has 1 saturated heterocycles. The van der Waals surface area contributed by atoms with Crippen molar-refractivity contribution < 1.29 is 9.53 Å². The summed E-state index contributed by atoms with van der Waals surface area (Å²) >= 11 is 9.48. The number of methoxy groups -OCH3 is 1. The largest absolute Gasteiger partial charge is 0.375 e. The number of aromatic nitrogens is 2. The molecule has 2 aromatic carbocycles. The lowest BCUT2D eigenvalue weighted by molar-refractivity contribution is -0.119. The highest BCUT2D eigenvalue weighted by atomic mass is 79.9. The van der Waals surface area contributed by atoms with Crippen molar-refractivity contribution in [1.29, 1.82) is 0 Å². The van der Waals surface area contributed by atoms with Crippen LogP contribution >= 0.6 is 28.1 Å². The van der Waals surface area contributed by atoms with Crippen LogP contribution in [0.1, 0.15) is 40.3 Å². The van der Waals surface area contributed by atoms with Gasteiger partial charge in [-0.1, -0.05) is 22.0 Å². The van der Waals surface area contributed by atoms with Gasteiger partial charge in [0.15, 0.2) is 5.11 Å². The van der Waals surface area contributed by atoms with Gasteiger partial charge in [-0.15, -0.1) is 0 Å². The Balaban J connectivity index is 1.60. The number of benzene rings is 2. The van der Waals surface area contributed by atoms with Crippen LogP contribution in [0.2, 0.25) is 0 Å². The SMILES string of the molecule is COCC(=O)Nc1ccc(N2C(=S)N[C@@H](c3ccccn3)[C@H]2c2cc(C)n(-c3ccc(Br)cc3)c2C)cc1C. The summed E-state index contributed by atoms with van der Waals surface area (Å²) in [5, 5.41) is 7.08. The van der Waals surface area contributed by atoms with Crippen molar-refractivity contribution in [3.05, 3.63) is 106 Å². The third-order valence-electron chi connectivity index (χ3n) is 7.01. The molecule has 7 nitrogen and oxygen atoms in total. The van der Waals surface area contributed by atoms with Gasteiger partial charge in [-0.3, -0.25) is 9.78 Å². The molecule has 200 valence electrons. The lowest BCUT2D eigenvalue weighted by Crippen LogP contribution is -2.29. The van der Waals surface area contributed by atoms with Gasteiger partial charge in [0.05, 0.1) is 17.8 Å². The van der Waals surface area contributed by atoms with Crippen molar-refractivity contribution in [3.8, 4) is 5.69 Å². The van der Waals surface area contributed by atoms with Crippen LogP contribution in [-0.4, -0.2) is 34.3 Å². The van der Waals surface area contributed by atoms with Crippen LogP contribution < -0.4 is 15.5 Å². The summed E-state index contributed by atoms with van der Waals surface area (Å²) in [5.41, 5.74) is 8.06. The Hall–Kier alpha value is -3.53. The highest BCUT2D eigenvalue weighted by Gasteiger charge is 2.42. The van der Waals surface area contributed by atoms with Crippen molar-refractivity contribution in [3.63, 3.8) is 0 Å². The summed E-state index contributed by atoms with van der Waals surface area (Å²) in [6, 6.07) is 22.2. The zero-order chi connectivity index (χ0) is 27.7. The Morgan fingerprint density at radius 2 is 1.82 bits per heavy atom. The van der Waals surface area contributed by atoms with Crippen LogP contribution in [0.5, 0.6) is 0 Å². The van der Waals surface area contributed by atoms with E-state index in [1.807, 2.05) is 43.5 Å². The minimum absolute atomic E-state index is 0.00311. The smallest absolute Gasteiger partial charge is 0.250 e. The van der Waals surface area contributed by atoms with Gasteiger partial charge in [0, 0.05) is 46.2 Å². The van der Waals surface area contributed by atoms with Crippen molar-refractivity contribution in [2.24, 2.45) is 0 Å². The van der Waals surface area contributed by atoms with Gasteiger partial charge in [-0.25, -0.2) is 0 Å². The van der Waals surface area contributed by atoms with E-state index in [9.17, 15) is 4.79 Å². The summed E-state index contributed by atoms with van der Waals surface area (Å²) in [5.74, 6) is -0.194. The number of carbonyl (C=O) groups is 1. The molecule has 0 unspecified atom stereocenters. The molecule has 0 spiro atoms. The van der Waals surface area contributed by atoms with E-state index in [-0.39, 0.29) is 24.6 Å². The summed E-state index contributed by atoms with van der Waals surface area (Å²) in [4.78, 5) is 19.0. The van der Waals surface area contributed by atoms with Gasteiger partial charge in [0.2, 0.25) is 5.91 Å². The van der Waals surface area contributed by atoms with Crippen LogP contribution in [0.25, 0.3) is 5.69 Å². The molecule has 1 fully saturated rings. The van der Waals surface area contributed by atoms with E-state index >= 15 is 0 Å². The predicted molar refractivity (Wildman–Crippen MR) is 163 cm³/mol. The number of nitrogens with one attached hydrogen (secondary N) is 2. The maximum absolute atomic E-state index is 12.1. The van der Waals surface area contributed by atoms with Crippen LogP contribution in [-0.2, 0) is 9.53 Å². The second-order valence-corrected chi connectivity index (χ2v) is 10.9. The molecule has 0 radical (unpaired) electrons. The van der Waals surface area contributed by atoms with E-state index < -0.39 is 0 Å². The van der Waals surface area contributed by atoms with E-state index in [0.29, 0.717) is 5.11 Å². The highest BCUT2D eigenvalue weighted by molar-refractivity contribution is 9.10. The van der Waals surface area contributed by atoms with Gasteiger partial charge in [-0.05, 0) is 105 Å². The number of thiocarbonyl (C=S) groups is 1. The van der Waals surface area contributed by atoms with Crippen molar-refractivity contribution in [2.45, 2.75) is 32.9 Å². The third kappa shape index (κ3) is 5.34. The first-order chi connectivity index (χ1) is 18.8. The maximum atomic E-state index is 12.1. The van der Waals surface area contributed by atoms with Gasteiger partial charge < -0.3 is 24.8 Å². The number of anilines is 2. The minimum atomic E-state index is -0.194. The zero-order valence-corrected chi connectivity index (χ0v) is 24.6. The molecule has 1 amide bonds. The Labute approximate surface area is 242 Å². The molecule has 2 atom stereocenters. The first-order valence-electron chi connectivity index (χ1n) is 12.6. The van der Waals surface area contributed by atoms with E-state index in [1.54, 1.807) is 0 Å². The maximum Gasteiger partial charge on any atom is 0.250 e. The predicted octanol–water partition coefficient (Wildman–Crippen LogP) is 6.32. The summed E-state index contributed by atoms with van der Waals surface area (Å²) in [6.07, 6.45) is 1.81. The first kappa shape index (κ1) is 27.1. The second-order valence-electron chi connectivity index (χ2n) is 9.62. The van der Waals surface area contributed by atoms with E-state index in [1.165, 1.54) is 7.11 Å². The number of pyridine rings is 1. The lowest BCUT2D eigenvalue weighted by Gasteiger charge is -2.29. The van der Waals surface area contributed by atoms with Gasteiger partial charge >= 0.3 is 0 Å². The third-order valence-corrected chi connectivity index (χ3v) is 7.85. The Kier molecular flexibility index (Phi) is 7.83. The number of nitrogens with zero attached hydrogens (tertiary/aromatic N) is 3. The normalized spacial score (nSPS) is 16.8. The fourth-order valence-corrected chi connectivity index (χ4v) is 5.89. The minimum Gasteiger partial charge on any atom is -0.375 e. The van der Waals surface area contributed by atoms with Crippen molar-refractivity contribution >= 4 is 50.5 Å². The van der Waals surface area contributed by atoms with Crippen LogP contribution in [0.15, 0.2) is 77.4 Å². The fraction of sp³-hybridized carbons (Fsp3) is 0.233. The van der Waals surface area contributed by atoms with Crippen LogP contribution in [0, 0.1) is 20.8 Å². The fourth-order valence-electron chi connectivity index (χ4n) is 5.28. The molecular formula is C30H30BrN5O2S. The summed E-state index contributed by atoms with van der Waals surface area (Å²) in [7, 11) is 1.50. The quantitative estimate of drug-likeness (QED) is 0.241. The highest BCUT2D eigenvalue weighted by Crippen LogP contribution is 2.44. The van der Waals surface area contributed by atoms with Crippen LogP contribution in [0.4, 0.5) is 11.4 Å². The number of carbonyl (C=O) groups excluding carboxylic acids is 1. The number of hydrogen-bond donors (Lipinski definition) is 2. The van der Waals surface area contributed by atoms with Crippen LogP contribution in [0.3, 0.4) is 0 Å². The Morgan fingerprint density at radius 3 is 2.49 bits per heavy atom. The van der Waals surface area contributed by atoms with Crippen molar-refractivity contribution in [2.75, 3.05) is 23.9 Å². The molecule has 9 heteroatoms. The number of aryl methyl sites for hydroxylation is 2. The van der Waals surface area contributed by atoms with E-state index in [2.05, 4.69) is 91.3 Å². The number of hydrogen-bond acceptors (Lipinski definition) is 4. The average molecular weight is 605 g/mol. The topological polar surface area (TPSA) is 71.4 Å². The molecule has 5 rings (SSSR count). The number of rotatable bonds is 7. The molecule has 2 aromatic heterocycles. The Morgan fingerprint density at radius 1 is 1.08 bits per heavy atom. The van der Waals surface area contributed by atoms with Gasteiger partial charge in [-0.2, -0.15) is 0 Å². The summed E-state index contributed by atoms with van der Waals surface area (Å²) < 4.78 is 8.27. The lowest BCUT2D eigenvalue weighted by atomic mass is 9.96. The second kappa shape index (κ2) is 11.3. The number of halogens is 1. The molecule has 0 saturated carbocycles. The van der Waals surface area contributed by atoms with E-state index in [0.717, 1.165) is 49.7 Å². The molecule has 1 aliphatic rings. The molecule has 1 aliphatic heterocycles. The van der Waals surface area contributed by atoms with Gasteiger partial charge in [0.1, 0.15) is 6.61 Å². The molecule has 3 heterocycles. The van der Waals surface area contributed by atoms with E-state index in [4.69, 9.17) is 17.0 Å².